The zero-order valence-corrected chi connectivity index (χ0v) is 6.36. The lowest BCUT2D eigenvalue weighted by Gasteiger charge is -1.92. The third-order valence-corrected chi connectivity index (χ3v) is 1.70. The number of carbonyl (C=O) groups is 1. The molecule has 2 heterocycles. The number of aldehydes is 1. The summed E-state index contributed by atoms with van der Waals surface area (Å²) in [7, 11) is 0. The Balaban J connectivity index is 2.29. The molecule has 0 fully saturated rings. The van der Waals surface area contributed by atoms with Gasteiger partial charge in [-0.25, -0.2) is 0 Å². The first-order valence-corrected chi connectivity index (χ1v) is 3.64. The van der Waals surface area contributed by atoms with Gasteiger partial charge in [-0.05, 0) is 18.2 Å². The second-order valence-corrected chi connectivity index (χ2v) is 2.50. The van der Waals surface area contributed by atoms with Crippen LogP contribution in [0.2, 0.25) is 0 Å². The highest BCUT2D eigenvalue weighted by Crippen LogP contribution is 2.18. The molecule has 1 aromatic heterocycles. The number of furan rings is 1. The van der Waals surface area contributed by atoms with Crippen LogP contribution in [0.4, 0.5) is 0 Å². The molecule has 0 saturated heterocycles. The van der Waals surface area contributed by atoms with Crippen LogP contribution in [0.5, 0.6) is 0 Å². The first kappa shape index (κ1) is 7.03. The van der Waals surface area contributed by atoms with Crippen molar-refractivity contribution in [3.8, 4) is 0 Å². The highest BCUT2D eigenvalue weighted by Gasteiger charge is 2.08. The number of rotatable bonds is 2. The lowest BCUT2D eigenvalue weighted by molar-refractivity contribution is 0.110. The van der Waals surface area contributed by atoms with E-state index >= 15 is 0 Å². The van der Waals surface area contributed by atoms with Gasteiger partial charge in [0.05, 0.1) is 6.54 Å². The van der Waals surface area contributed by atoms with E-state index in [1.807, 2.05) is 6.08 Å². The minimum absolute atomic E-state index is 0.359. The average Bonchev–Trinajstić information content (AvgIpc) is 2.75. The number of aliphatic imine (C=N–C) groups is 1. The van der Waals surface area contributed by atoms with Crippen molar-refractivity contribution in [3.05, 3.63) is 29.7 Å². The molecule has 0 spiro atoms. The van der Waals surface area contributed by atoms with Gasteiger partial charge in [0.2, 0.25) is 0 Å². The average molecular weight is 161 g/mol. The molecule has 0 N–H and O–H groups in total. The van der Waals surface area contributed by atoms with Gasteiger partial charge in [0.15, 0.2) is 12.0 Å². The van der Waals surface area contributed by atoms with Crippen molar-refractivity contribution < 1.29 is 9.21 Å². The van der Waals surface area contributed by atoms with E-state index in [2.05, 4.69) is 4.99 Å². The minimum atomic E-state index is 0.359. The highest BCUT2D eigenvalue weighted by molar-refractivity contribution is 5.88. The Morgan fingerprint density at radius 1 is 1.50 bits per heavy atom. The van der Waals surface area contributed by atoms with E-state index in [1.165, 1.54) is 0 Å². The van der Waals surface area contributed by atoms with Gasteiger partial charge in [-0.1, -0.05) is 0 Å². The Morgan fingerprint density at radius 2 is 2.42 bits per heavy atom. The van der Waals surface area contributed by atoms with E-state index in [0.29, 0.717) is 18.6 Å². The fraction of sp³-hybridized carbons (Fsp3) is 0.111. The largest absolute Gasteiger partial charge is 0.454 e. The Kier molecular flexibility index (Phi) is 1.63. The number of nitrogens with zero attached hydrogens (tertiary/aromatic N) is 1. The molecule has 60 valence electrons. The van der Waals surface area contributed by atoms with Gasteiger partial charge in [-0.3, -0.25) is 9.79 Å². The molecule has 0 unspecified atom stereocenters. The molecular formula is C9H7NO2. The molecule has 1 aliphatic rings. The SMILES string of the molecule is O=Cc1ccc(C2=CC=NC2)o1. The van der Waals surface area contributed by atoms with Crippen LogP contribution < -0.4 is 0 Å². The molecule has 3 heteroatoms. The van der Waals surface area contributed by atoms with E-state index in [4.69, 9.17) is 4.42 Å². The van der Waals surface area contributed by atoms with E-state index in [1.54, 1.807) is 18.3 Å². The molecule has 0 radical (unpaired) electrons. The smallest absolute Gasteiger partial charge is 0.185 e. The summed E-state index contributed by atoms with van der Waals surface area (Å²) in [6.45, 7) is 0.645. The summed E-state index contributed by atoms with van der Waals surface area (Å²) < 4.78 is 5.20. The Labute approximate surface area is 69.4 Å². The van der Waals surface area contributed by atoms with Crippen LogP contribution in [0, 0.1) is 0 Å². The summed E-state index contributed by atoms with van der Waals surface area (Å²) in [6, 6.07) is 3.44. The minimum Gasteiger partial charge on any atom is -0.454 e. The summed E-state index contributed by atoms with van der Waals surface area (Å²) >= 11 is 0. The van der Waals surface area contributed by atoms with Crippen molar-refractivity contribution in [2.24, 2.45) is 4.99 Å². The maximum atomic E-state index is 10.3. The molecule has 0 amide bonds. The maximum absolute atomic E-state index is 10.3. The molecule has 0 aliphatic carbocycles. The topological polar surface area (TPSA) is 42.6 Å². The highest BCUT2D eigenvalue weighted by atomic mass is 16.3. The second-order valence-electron chi connectivity index (χ2n) is 2.50. The van der Waals surface area contributed by atoms with Gasteiger partial charge in [0, 0.05) is 11.8 Å². The predicted molar refractivity (Wildman–Crippen MR) is 45.4 cm³/mol. The summed E-state index contributed by atoms with van der Waals surface area (Å²) in [5.41, 5.74) is 1.02. The summed E-state index contributed by atoms with van der Waals surface area (Å²) in [4.78, 5) is 14.3. The van der Waals surface area contributed by atoms with Crippen LogP contribution in [0.15, 0.2) is 27.6 Å². The van der Waals surface area contributed by atoms with E-state index in [-0.39, 0.29) is 0 Å². The van der Waals surface area contributed by atoms with Crippen molar-refractivity contribution in [1.29, 1.82) is 0 Å². The van der Waals surface area contributed by atoms with Crippen molar-refractivity contribution in [3.63, 3.8) is 0 Å². The number of carbonyl (C=O) groups excluding carboxylic acids is 1. The van der Waals surface area contributed by atoms with E-state index in [9.17, 15) is 4.79 Å². The lowest BCUT2D eigenvalue weighted by atomic mass is 10.2. The van der Waals surface area contributed by atoms with Crippen molar-refractivity contribution >= 4 is 18.1 Å². The zero-order valence-electron chi connectivity index (χ0n) is 6.36. The molecular weight excluding hydrogens is 154 g/mol. The predicted octanol–water partition coefficient (Wildman–Crippen LogP) is 1.56. The molecule has 2 rings (SSSR count). The van der Waals surface area contributed by atoms with Crippen molar-refractivity contribution in [1.82, 2.24) is 0 Å². The normalized spacial score (nSPS) is 14.8. The summed E-state index contributed by atoms with van der Waals surface area (Å²) in [5.74, 6) is 1.09. The summed E-state index contributed by atoms with van der Waals surface area (Å²) in [5, 5.41) is 0. The number of hydrogen-bond donors (Lipinski definition) is 0. The first-order chi connectivity index (χ1) is 5.90. The van der Waals surface area contributed by atoms with Gasteiger partial charge in [-0.2, -0.15) is 0 Å². The third kappa shape index (κ3) is 1.09. The lowest BCUT2D eigenvalue weighted by Crippen LogP contribution is -1.80. The molecule has 3 nitrogen and oxygen atoms in total. The molecule has 0 aromatic carbocycles. The van der Waals surface area contributed by atoms with Gasteiger partial charge >= 0.3 is 0 Å². The first-order valence-electron chi connectivity index (χ1n) is 3.64. The number of allylic oxidation sites excluding steroid dienone is 1. The fourth-order valence-electron chi connectivity index (χ4n) is 1.10. The molecule has 0 atom stereocenters. The van der Waals surface area contributed by atoms with Crippen LogP contribution in [-0.4, -0.2) is 19.0 Å². The van der Waals surface area contributed by atoms with Gasteiger partial charge < -0.3 is 4.42 Å². The van der Waals surface area contributed by atoms with Crippen LogP contribution in [0.3, 0.4) is 0 Å². The monoisotopic (exact) mass is 161 g/mol. The second kappa shape index (κ2) is 2.77. The van der Waals surface area contributed by atoms with E-state index in [0.717, 1.165) is 11.3 Å². The molecule has 1 aromatic rings. The Hall–Kier alpha value is -1.64. The van der Waals surface area contributed by atoms with E-state index < -0.39 is 0 Å². The van der Waals surface area contributed by atoms with Gasteiger partial charge in [0.25, 0.3) is 0 Å². The van der Waals surface area contributed by atoms with Gasteiger partial charge in [0.1, 0.15) is 5.76 Å². The van der Waals surface area contributed by atoms with Crippen LogP contribution in [-0.2, 0) is 0 Å². The van der Waals surface area contributed by atoms with Crippen LogP contribution in [0.1, 0.15) is 16.3 Å². The van der Waals surface area contributed by atoms with Crippen LogP contribution in [0.25, 0.3) is 5.57 Å². The fourth-order valence-corrected chi connectivity index (χ4v) is 1.10. The zero-order chi connectivity index (χ0) is 8.39. The maximum Gasteiger partial charge on any atom is 0.185 e. The number of hydrogen-bond acceptors (Lipinski definition) is 3. The molecule has 12 heavy (non-hydrogen) atoms. The van der Waals surface area contributed by atoms with Crippen molar-refractivity contribution in [2.75, 3.05) is 6.54 Å². The summed E-state index contributed by atoms with van der Waals surface area (Å²) in [6.07, 6.45) is 4.31. The van der Waals surface area contributed by atoms with Crippen molar-refractivity contribution in [2.45, 2.75) is 0 Å². The van der Waals surface area contributed by atoms with Crippen LogP contribution >= 0.6 is 0 Å². The quantitative estimate of drug-likeness (QED) is 0.617. The Bertz CT molecular complexity index is 360. The standard InChI is InChI=1S/C9H7NO2/c11-6-8-1-2-9(12-8)7-3-4-10-5-7/h1-4,6H,5H2. The molecule has 1 aliphatic heterocycles. The Morgan fingerprint density at radius 3 is 3.00 bits per heavy atom. The third-order valence-electron chi connectivity index (χ3n) is 1.70. The van der Waals surface area contributed by atoms with Gasteiger partial charge in [-0.15, -0.1) is 0 Å². The molecule has 0 bridgehead atoms. The molecule has 0 saturated carbocycles.